The topological polar surface area (TPSA) is 80.5 Å². The maximum atomic E-state index is 12.4. The highest BCUT2D eigenvalue weighted by Crippen LogP contribution is 2.28. The Kier molecular flexibility index (Phi) is 5.78. The summed E-state index contributed by atoms with van der Waals surface area (Å²) in [4.78, 5) is 18.8. The third kappa shape index (κ3) is 4.24. The Morgan fingerprint density at radius 1 is 1.32 bits per heavy atom. The van der Waals surface area contributed by atoms with E-state index in [0.29, 0.717) is 50.7 Å². The summed E-state index contributed by atoms with van der Waals surface area (Å²) in [5.41, 5.74) is 1.19. The average Bonchev–Trinajstić information content (AvgIpc) is 3.18. The zero-order valence-corrected chi connectivity index (χ0v) is 14.5. The smallest absolute Gasteiger partial charge is 0.223 e. The Labute approximate surface area is 147 Å². The monoisotopic (exact) mass is 344 g/mol. The van der Waals surface area contributed by atoms with Crippen LogP contribution in [0.15, 0.2) is 30.3 Å². The average molecular weight is 344 g/mol. The predicted octanol–water partition coefficient (Wildman–Crippen LogP) is 0.975. The van der Waals surface area contributed by atoms with E-state index in [0.717, 1.165) is 0 Å². The second-order valence-corrected chi connectivity index (χ2v) is 6.22. The summed E-state index contributed by atoms with van der Waals surface area (Å²) in [5, 5.41) is 13.6. The number of aromatic nitrogens is 3. The van der Waals surface area contributed by atoms with Gasteiger partial charge in [0.05, 0.1) is 26.3 Å². The minimum atomic E-state index is -0.0132. The Hall–Kier alpha value is -2.25. The molecular formula is C18H24N4O3. The number of amides is 1. The molecule has 0 bridgehead atoms. The number of aliphatic hydroxyl groups excluding tert-OH is 1. The van der Waals surface area contributed by atoms with Gasteiger partial charge in [0.15, 0.2) is 5.82 Å². The van der Waals surface area contributed by atoms with Gasteiger partial charge in [-0.05, 0) is 5.56 Å². The summed E-state index contributed by atoms with van der Waals surface area (Å²) >= 11 is 0. The molecule has 2 aromatic rings. The van der Waals surface area contributed by atoms with E-state index in [-0.39, 0.29) is 18.4 Å². The molecular weight excluding hydrogens is 320 g/mol. The lowest BCUT2D eigenvalue weighted by Gasteiger charge is -2.16. The Balaban J connectivity index is 1.71. The molecule has 1 aromatic heterocycles. The molecule has 1 saturated heterocycles. The van der Waals surface area contributed by atoms with Crippen molar-refractivity contribution in [1.82, 2.24) is 19.7 Å². The van der Waals surface area contributed by atoms with E-state index >= 15 is 0 Å². The Bertz CT molecular complexity index is 702. The summed E-state index contributed by atoms with van der Waals surface area (Å²) in [6, 6.07) is 10.1. The highest BCUT2D eigenvalue weighted by atomic mass is 16.5. The van der Waals surface area contributed by atoms with Crippen LogP contribution in [0.3, 0.4) is 0 Å². The summed E-state index contributed by atoms with van der Waals surface area (Å²) in [6.07, 6.45) is 1.14. The minimum Gasteiger partial charge on any atom is -0.394 e. The molecule has 7 nitrogen and oxygen atoms in total. The van der Waals surface area contributed by atoms with Crippen molar-refractivity contribution in [1.29, 1.82) is 0 Å². The van der Waals surface area contributed by atoms with Gasteiger partial charge in [-0.2, -0.15) is 5.10 Å². The number of aliphatic hydroxyl groups is 1. The number of likely N-dealkylation sites (tertiary alicyclic amines) is 1. The fourth-order valence-electron chi connectivity index (χ4n) is 3.16. The third-order valence-corrected chi connectivity index (χ3v) is 4.45. The molecule has 0 spiro atoms. The first-order valence-corrected chi connectivity index (χ1v) is 8.56. The quantitative estimate of drug-likeness (QED) is 0.772. The van der Waals surface area contributed by atoms with Crippen molar-refractivity contribution >= 4 is 5.91 Å². The van der Waals surface area contributed by atoms with E-state index in [9.17, 15) is 9.90 Å². The summed E-state index contributed by atoms with van der Waals surface area (Å²) in [5.74, 6) is 1.74. The standard InChI is InChI=1S/C18H24N4O3/c1-25-10-7-16-19-17(22(20-16)8-9-23)13-21-12-15(11-18(21)24)14-5-3-2-4-6-14/h2-6,15,23H,7-13H2,1H3/t15-/m1/s1. The van der Waals surface area contributed by atoms with E-state index in [1.807, 2.05) is 23.1 Å². The number of hydrogen-bond acceptors (Lipinski definition) is 5. The van der Waals surface area contributed by atoms with Gasteiger partial charge in [0.1, 0.15) is 5.82 Å². The van der Waals surface area contributed by atoms with Gasteiger partial charge in [0.25, 0.3) is 0 Å². The molecule has 0 aliphatic carbocycles. The molecule has 1 N–H and O–H groups in total. The molecule has 0 saturated carbocycles. The van der Waals surface area contributed by atoms with E-state index in [2.05, 4.69) is 22.2 Å². The fraction of sp³-hybridized carbons (Fsp3) is 0.500. The largest absolute Gasteiger partial charge is 0.394 e. The zero-order valence-electron chi connectivity index (χ0n) is 14.5. The first-order valence-electron chi connectivity index (χ1n) is 8.56. The van der Waals surface area contributed by atoms with Crippen LogP contribution >= 0.6 is 0 Å². The van der Waals surface area contributed by atoms with Gasteiger partial charge in [-0.3, -0.25) is 4.79 Å². The maximum Gasteiger partial charge on any atom is 0.223 e. The van der Waals surface area contributed by atoms with Gasteiger partial charge in [-0.1, -0.05) is 30.3 Å². The second-order valence-electron chi connectivity index (χ2n) is 6.22. The number of hydrogen-bond donors (Lipinski definition) is 1. The molecule has 0 radical (unpaired) electrons. The van der Waals surface area contributed by atoms with Crippen LogP contribution in [-0.4, -0.2) is 57.5 Å². The number of nitrogens with zero attached hydrogens (tertiary/aromatic N) is 4. The van der Waals surface area contributed by atoms with Crippen molar-refractivity contribution in [3.05, 3.63) is 47.5 Å². The van der Waals surface area contributed by atoms with Gasteiger partial charge in [0.2, 0.25) is 5.91 Å². The minimum absolute atomic E-state index is 0.0132. The third-order valence-electron chi connectivity index (χ3n) is 4.45. The van der Waals surface area contributed by atoms with Crippen LogP contribution in [0.5, 0.6) is 0 Å². The van der Waals surface area contributed by atoms with Crippen LogP contribution < -0.4 is 0 Å². The zero-order chi connectivity index (χ0) is 17.6. The van der Waals surface area contributed by atoms with E-state index < -0.39 is 0 Å². The predicted molar refractivity (Wildman–Crippen MR) is 91.9 cm³/mol. The first kappa shape index (κ1) is 17.6. The Morgan fingerprint density at radius 3 is 2.84 bits per heavy atom. The number of rotatable bonds is 8. The van der Waals surface area contributed by atoms with Crippen LogP contribution in [0.4, 0.5) is 0 Å². The highest BCUT2D eigenvalue weighted by Gasteiger charge is 2.31. The number of carbonyl (C=O) groups excluding carboxylic acids is 1. The van der Waals surface area contributed by atoms with Crippen LogP contribution in [0.1, 0.15) is 29.6 Å². The number of ether oxygens (including phenoxy) is 1. The number of carbonyl (C=O) groups is 1. The van der Waals surface area contributed by atoms with E-state index in [1.54, 1.807) is 11.8 Å². The van der Waals surface area contributed by atoms with Gasteiger partial charge in [0, 0.05) is 32.4 Å². The van der Waals surface area contributed by atoms with Crippen molar-refractivity contribution in [2.75, 3.05) is 26.9 Å². The molecule has 3 rings (SSSR count). The van der Waals surface area contributed by atoms with Gasteiger partial charge in [-0.15, -0.1) is 0 Å². The van der Waals surface area contributed by atoms with E-state index in [1.165, 1.54) is 5.56 Å². The number of benzene rings is 1. The van der Waals surface area contributed by atoms with Crippen LogP contribution in [0.2, 0.25) is 0 Å². The summed E-state index contributed by atoms with van der Waals surface area (Å²) in [7, 11) is 1.64. The second kappa shape index (κ2) is 8.22. The van der Waals surface area contributed by atoms with Crippen LogP contribution in [0, 0.1) is 0 Å². The molecule has 1 fully saturated rings. The van der Waals surface area contributed by atoms with Crippen molar-refractivity contribution < 1.29 is 14.6 Å². The first-order chi connectivity index (χ1) is 12.2. The number of methoxy groups -OCH3 is 1. The molecule has 7 heteroatoms. The van der Waals surface area contributed by atoms with Crippen LogP contribution in [0.25, 0.3) is 0 Å². The lowest BCUT2D eigenvalue weighted by Crippen LogP contribution is -2.26. The summed E-state index contributed by atoms with van der Waals surface area (Å²) < 4.78 is 6.75. The lowest BCUT2D eigenvalue weighted by atomic mass is 9.99. The summed E-state index contributed by atoms with van der Waals surface area (Å²) in [6.45, 7) is 2.01. The van der Waals surface area contributed by atoms with Crippen molar-refractivity contribution in [3.63, 3.8) is 0 Å². The fourth-order valence-corrected chi connectivity index (χ4v) is 3.16. The SMILES string of the molecule is COCCc1nc(CN2C[C@H](c3ccccc3)CC2=O)n(CCO)n1. The molecule has 1 aromatic carbocycles. The molecule has 134 valence electrons. The molecule has 1 amide bonds. The molecule has 2 heterocycles. The van der Waals surface area contributed by atoms with Crippen molar-refractivity contribution in [3.8, 4) is 0 Å². The van der Waals surface area contributed by atoms with Gasteiger partial charge >= 0.3 is 0 Å². The lowest BCUT2D eigenvalue weighted by molar-refractivity contribution is -0.128. The van der Waals surface area contributed by atoms with Gasteiger partial charge in [-0.25, -0.2) is 9.67 Å². The molecule has 1 aliphatic rings. The maximum absolute atomic E-state index is 12.4. The van der Waals surface area contributed by atoms with Gasteiger partial charge < -0.3 is 14.7 Å². The molecule has 0 unspecified atom stereocenters. The molecule has 1 atom stereocenters. The molecule has 25 heavy (non-hydrogen) atoms. The Morgan fingerprint density at radius 2 is 2.12 bits per heavy atom. The molecule has 1 aliphatic heterocycles. The van der Waals surface area contributed by atoms with Crippen LogP contribution in [-0.2, 0) is 29.0 Å². The highest BCUT2D eigenvalue weighted by molar-refractivity contribution is 5.79. The van der Waals surface area contributed by atoms with Crippen molar-refractivity contribution in [2.45, 2.75) is 31.8 Å². The van der Waals surface area contributed by atoms with E-state index in [4.69, 9.17) is 4.74 Å². The van der Waals surface area contributed by atoms with Crippen molar-refractivity contribution in [2.24, 2.45) is 0 Å². The normalized spacial score (nSPS) is 17.4.